The molecular formula is C19H29N5O. The van der Waals surface area contributed by atoms with Gasteiger partial charge in [0.15, 0.2) is 5.69 Å². The van der Waals surface area contributed by atoms with Crippen LogP contribution in [0.3, 0.4) is 0 Å². The predicted molar refractivity (Wildman–Crippen MR) is 99.9 cm³/mol. The highest BCUT2D eigenvalue weighted by Gasteiger charge is 2.20. The van der Waals surface area contributed by atoms with E-state index in [1.54, 1.807) is 10.9 Å². The highest BCUT2D eigenvalue weighted by Crippen LogP contribution is 2.09. The molecule has 0 unspecified atom stereocenters. The van der Waals surface area contributed by atoms with Gasteiger partial charge >= 0.3 is 0 Å². The van der Waals surface area contributed by atoms with Crippen LogP contribution in [-0.2, 0) is 0 Å². The molecule has 0 atom stereocenters. The molecular weight excluding hydrogens is 314 g/mol. The zero-order valence-electron chi connectivity index (χ0n) is 15.7. The van der Waals surface area contributed by atoms with Gasteiger partial charge in [-0.3, -0.25) is 4.79 Å². The quantitative estimate of drug-likeness (QED) is 0.702. The summed E-state index contributed by atoms with van der Waals surface area (Å²) in [6.07, 6.45) is 1.71. The van der Waals surface area contributed by atoms with E-state index < -0.39 is 0 Å². The normalized spacial score (nSPS) is 11.3. The Bertz CT molecular complexity index is 649. The third-order valence-corrected chi connectivity index (χ3v) is 4.19. The number of carbonyl (C=O) groups is 1. The maximum absolute atomic E-state index is 12.9. The number of para-hydroxylation sites is 1. The molecule has 2 rings (SSSR count). The fourth-order valence-corrected chi connectivity index (χ4v) is 2.75. The summed E-state index contributed by atoms with van der Waals surface area (Å²) < 4.78 is 1.64. The van der Waals surface area contributed by atoms with E-state index in [2.05, 4.69) is 42.9 Å². The van der Waals surface area contributed by atoms with Gasteiger partial charge in [-0.2, -0.15) is 0 Å². The largest absolute Gasteiger partial charge is 0.336 e. The molecule has 0 N–H and O–H groups in total. The molecule has 0 aliphatic heterocycles. The van der Waals surface area contributed by atoms with Crippen molar-refractivity contribution in [1.82, 2.24) is 24.8 Å². The first kappa shape index (κ1) is 19.1. The summed E-state index contributed by atoms with van der Waals surface area (Å²) >= 11 is 0. The molecule has 0 aliphatic rings. The van der Waals surface area contributed by atoms with Crippen LogP contribution in [0.15, 0.2) is 36.5 Å². The van der Waals surface area contributed by atoms with Crippen LogP contribution in [0.4, 0.5) is 0 Å². The van der Waals surface area contributed by atoms with Crippen molar-refractivity contribution < 1.29 is 4.79 Å². The second-order valence-electron chi connectivity index (χ2n) is 6.56. The average molecular weight is 343 g/mol. The van der Waals surface area contributed by atoms with Gasteiger partial charge in [0, 0.05) is 19.6 Å². The summed E-state index contributed by atoms with van der Waals surface area (Å²) in [6, 6.07) is 9.70. The Morgan fingerprint density at radius 3 is 2.40 bits per heavy atom. The van der Waals surface area contributed by atoms with E-state index >= 15 is 0 Å². The third-order valence-electron chi connectivity index (χ3n) is 4.19. The van der Waals surface area contributed by atoms with E-state index in [9.17, 15) is 4.79 Å². The van der Waals surface area contributed by atoms with Crippen LogP contribution in [0.5, 0.6) is 0 Å². The van der Waals surface area contributed by atoms with E-state index in [-0.39, 0.29) is 5.91 Å². The molecule has 6 nitrogen and oxygen atoms in total. The minimum absolute atomic E-state index is 0.0527. The second-order valence-corrected chi connectivity index (χ2v) is 6.56. The summed E-state index contributed by atoms with van der Waals surface area (Å²) in [5.41, 5.74) is 1.29. The maximum atomic E-state index is 12.9. The SMILES string of the molecule is CCN(CC)CCN(CC(C)C)C(=O)c1cn(-c2ccccc2)nn1. The van der Waals surface area contributed by atoms with E-state index in [4.69, 9.17) is 0 Å². The van der Waals surface area contributed by atoms with Crippen LogP contribution >= 0.6 is 0 Å². The van der Waals surface area contributed by atoms with Crippen LogP contribution in [-0.4, -0.2) is 63.4 Å². The smallest absolute Gasteiger partial charge is 0.276 e. The Kier molecular flexibility index (Phi) is 7.13. The molecule has 6 heteroatoms. The molecule has 0 spiro atoms. The van der Waals surface area contributed by atoms with Crippen molar-refractivity contribution in [2.24, 2.45) is 5.92 Å². The summed E-state index contributed by atoms with van der Waals surface area (Å²) in [4.78, 5) is 17.1. The second kappa shape index (κ2) is 9.32. The maximum Gasteiger partial charge on any atom is 0.276 e. The highest BCUT2D eigenvalue weighted by atomic mass is 16.2. The van der Waals surface area contributed by atoms with Crippen molar-refractivity contribution in [3.8, 4) is 5.69 Å². The number of aromatic nitrogens is 3. The lowest BCUT2D eigenvalue weighted by atomic mass is 10.2. The lowest BCUT2D eigenvalue weighted by molar-refractivity contribution is 0.0710. The van der Waals surface area contributed by atoms with Gasteiger partial charge in [-0.25, -0.2) is 4.68 Å². The lowest BCUT2D eigenvalue weighted by Gasteiger charge is -2.27. The van der Waals surface area contributed by atoms with Crippen LogP contribution in [0.1, 0.15) is 38.2 Å². The molecule has 0 radical (unpaired) electrons. The highest BCUT2D eigenvalue weighted by molar-refractivity contribution is 5.92. The summed E-state index contributed by atoms with van der Waals surface area (Å²) in [7, 11) is 0. The fraction of sp³-hybridized carbons (Fsp3) is 0.526. The Balaban J connectivity index is 2.11. The minimum atomic E-state index is -0.0527. The zero-order chi connectivity index (χ0) is 18.2. The van der Waals surface area contributed by atoms with Crippen LogP contribution in [0.2, 0.25) is 0 Å². The zero-order valence-corrected chi connectivity index (χ0v) is 15.7. The van der Waals surface area contributed by atoms with Gasteiger partial charge in [0.1, 0.15) is 0 Å². The van der Waals surface area contributed by atoms with Gasteiger partial charge in [-0.1, -0.05) is 51.1 Å². The standard InChI is InChI=1S/C19H29N5O/c1-5-22(6-2)12-13-23(14-16(3)4)19(25)18-15-24(21-20-18)17-10-8-7-9-11-17/h7-11,15-16H,5-6,12-14H2,1-4H3. The first-order valence-corrected chi connectivity index (χ1v) is 9.04. The molecule has 1 amide bonds. The molecule has 1 aromatic carbocycles. The van der Waals surface area contributed by atoms with Crippen molar-refractivity contribution in [3.63, 3.8) is 0 Å². The minimum Gasteiger partial charge on any atom is -0.336 e. The molecule has 0 saturated carbocycles. The van der Waals surface area contributed by atoms with Crippen molar-refractivity contribution >= 4 is 5.91 Å². The van der Waals surface area contributed by atoms with Gasteiger partial charge in [-0.15, -0.1) is 5.10 Å². The van der Waals surface area contributed by atoms with Gasteiger partial charge < -0.3 is 9.80 Å². The van der Waals surface area contributed by atoms with Crippen LogP contribution < -0.4 is 0 Å². The molecule has 136 valence electrons. The molecule has 25 heavy (non-hydrogen) atoms. The molecule has 0 fully saturated rings. The number of nitrogens with zero attached hydrogens (tertiary/aromatic N) is 5. The number of amides is 1. The van der Waals surface area contributed by atoms with Gasteiger partial charge in [0.2, 0.25) is 0 Å². The fourth-order valence-electron chi connectivity index (χ4n) is 2.75. The molecule has 1 aromatic heterocycles. The Hall–Kier alpha value is -2.21. The molecule has 0 aliphatic carbocycles. The van der Waals surface area contributed by atoms with E-state index in [1.807, 2.05) is 35.2 Å². The molecule has 1 heterocycles. The summed E-state index contributed by atoms with van der Waals surface area (Å²) in [5.74, 6) is 0.354. The van der Waals surface area contributed by atoms with Crippen LogP contribution in [0, 0.1) is 5.92 Å². The first-order valence-electron chi connectivity index (χ1n) is 9.04. The molecule has 0 saturated heterocycles. The Labute approximate surface area is 150 Å². The van der Waals surface area contributed by atoms with E-state index in [0.29, 0.717) is 18.2 Å². The monoisotopic (exact) mass is 343 g/mol. The Morgan fingerprint density at radius 2 is 1.80 bits per heavy atom. The van der Waals surface area contributed by atoms with E-state index in [1.165, 1.54) is 0 Å². The van der Waals surface area contributed by atoms with Gasteiger partial charge in [0.25, 0.3) is 5.91 Å². The number of hydrogen-bond acceptors (Lipinski definition) is 4. The van der Waals surface area contributed by atoms with E-state index in [0.717, 1.165) is 31.9 Å². The number of hydrogen-bond donors (Lipinski definition) is 0. The van der Waals surface area contributed by atoms with Gasteiger partial charge in [0.05, 0.1) is 11.9 Å². The van der Waals surface area contributed by atoms with Crippen LogP contribution in [0.25, 0.3) is 5.69 Å². The first-order chi connectivity index (χ1) is 12.0. The average Bonchev–Trinajstić information content (AvgIpc) is 3.11. The number of rotatable bonds is 9. The topological polar surface area (TPSA) is 54.3 Å². The van der Waals surface area contributed by atoms with Crippen molar-refractivity contribution in [1.29, 1.82) is 0 Å². The Morgan fingerprint density at radius 1 is 1.12 bits per heavy atom. The van der Waals surface area contributed by atoms with Crippen molar-refractivity contribution in [3.05, 3.63) is 42.2 Å². The van der Waals surface area contributed by atoms with Crippen molar-refractivity contribution in [2.45, 2.75) is 27.7 Å². The third kappa shape index (κ3) is 5.39. The summed E-state index contributed by atoms with van der Waals surface area (Å²) in [6.45, 7) is 12.8. The number of carbonyl (C=O) groups excluding carboxylic acids is 1. The predicted octanol–water partition coefficient (Wildman–Crippen LogP) is 2.71. The number of likely N-dealkylation sites (N-methyl/N-ethyl adjacent to an activating group) is 1. The van der Waals surface area contributed by atoms with Gasteiger partial charge in [-0.05, 0) is 31.1 Å². The van der Waals surface area contributed by atoms with Crippen molar-refractivity contribution in [2.75, 3.05) is 32.7 Å². The lowest BCUT2D eigenvalue weighted by Crippen LogP contribution is -2.40. The molecule has 0 bridgehead atoms. The summed E-state index contributed by atoms with van der Waals surface area (Å²) in [5, 5.41) is 8.20. The number of benzene rings is 1. The molecule has 2 aromatic rings.